The van der Waals surface area contributed by atoms with E-state index in [-0.39, 0.29) is 25.9 Å². The number of sulfonamides is 1. The summed E-state index contributed by atoms with van der Waals surface area (Å²) in [7, 11) is -4.14. The van der Waals surface area contributed by atoms with Crippen molar-refractivity contribution in [3.05, 3.63) is 65.7 Å². The van der Waals surface area contributed by atoms with Gasteiger partial charge in [0.05, 0.1) is 16.4 Å². The maximum absolute atomic E-state index is 12.9. The Hall–Kier alpha value is -2.92. The molecular weight excluding hydrogens is 461 g/mol. The molecule has 2 aromatic carbocycles. The number of halogens is 3. The average molecular weight is 484 g/mol. The standard InChI is InChI=1S/C22H23F3N2O5S/c23-22(24,25)18-7-4-8-19(13-18)33(30,31)27-11-9-17(10-12-27)21(29)32-15-20(28)26-14-16-5-2-1-3-6-16/h1-8,13,17H,9-12,14-15H2,(H,26,28). The van der Waals surface area contributed by atoms with Crippen molar-refractivity contribution in [2.75, 3.05) is 19.7 Å². The van der Waals surface area contributed by atoms with E-state index in [4.69, 9.17) is 4.74 Å². The summed E-state index contributed by atoms with van der Waals surface area (Å²) in [6, 6.07) is 12.8. The summed E-state index contributed by atoms with van der Waals surface area (Å²) < 4.78 is 70.3. The van der Waals surface area contributed by atoms with Crippen molar-refractivity contribution in [3.63, 3.8) is 0 Å². The summed E-state index contributed by atoms with van der Waals surface area (Å²) in [6.45, 7) is -0.242. The van der Waals surface area contributed by atoms with Crippen molar-refractivity contribution >= 4 is 21.9 Å². The highest BCUT2D eigenvalue weighted by molar-refractivity contribution is 7.89. The van der Waals surface area contributed by atoms with Crippen LogP contribution in [0.15, 0.2) is 59.5 Å². The molecule has 1 amide bonds. The number of nitrogens with one attached hydrogen (secondary N) is 1. The number of benzene rings is 2. The molecule has 0 spiro atoms. The molecule has 178 valence electrons. The predicted octanol–water partition coefficient (Wildman–Crippen LogP) is 2.97. The number of rotatable bonds is 7. The second kappa shape index (κ2) is 10.3. The number of amides is 1. The number of nitrogens with zero attached hydrogens (tertiary/aromatic N) is 1. The van der Waals surface area contributed by atoms with E-state index in [9.17, 15) is 31.2 Å². The second-order valence-electron chi connectivity index (χ2n) is 7.57. The quantitative estimate of drug-likeness (QED) is 0.610. The fraction of sp³-hybridized carbons (Fsp3) is 0.364. The Morgan fingerprint density at radius 1 is 1.03 bits per heavy atom. The van der Waals surface area contributed by atoms with E-state index in [1.165, 1.54) is 0 Å². The fourth-order valence-corrected chi connectivity index (χ4v) is 4.93. The van der Waals surface area contributed by atoms with Crippen LogP contribution in [0.3, 0.4) is 0 Å². The normalized spacial score (nSPS) is 15.7. The third kappa shape index (κ3) is 6.55. The average Bonchev–Trinajstić information content (AvgIpc) is 2.81. The molecule has 0 bridgehead atoms. The predicted molar refractivity (Wildman–Crippen MR) is 112 cm³/mol. The van der Waals surface area contributed by atoms with E-state index < -0.39 is 51.1 Å². The minimum Gasteiger partial charge on any atom is -0.455 e. The maximum Gasteiger partial charge on any atom is 0.416 e. The Labute approximate surface area is 189 Å². The van der Waals surface area contributed by atoms with Gasteiger partial charge in [-0.1, -0.05) is 36.4 Å². The molecule has 1 aliphatic heterocycles. The molecular formula is C22H23F3N2O5S. The first-order chi connectivity index (χ1) is 15.6. The van der Waals surface area contributed by atoms with Crippen molar-refractivity contribution in [2.24, 2.45) is 5.92 Å². The van der Waals surface area contributed by atoms with Gasteiger partial charge in [0.2, 0.25) is 10.0 Å². The molecule has 1 heterocycles. The van der Waals surface area contributed by atoms with Crippen LogP contribution >= 0.6 is 0 Å². The molecule has 0 unspecified atom stereocenters. The third-order valence-corrected chi connectivity index (χ3v) is 7.16. The molecule has 33 heavy (non-hydrogen) atoms. The van der Waals surface area contributed by atoms with Crippen molar-refractivity contribution in [1.29, 1.82) is 0 Å². The summed E-state index contributed by atoms with van der Waals surface area (Å²) in [6.07, 6.45) is -4.37. The highest BCUT2D eigenvalue weighted by Crippen LogP contribution is 2.32. The van der Waals surface area contributed by atoms with Gasteiger partial charge in [-0.2, -0.15) is 17.5 Å². The fourth-order valence-electron chi connectivity index (χ4n) is 3.42. The Kier molecular flexibility index (Phi) is 7.75. The van der Waals surface area contributed by atoms with Gasteiger partial charge in [-0.05, 0) is 36.6 Å². The first-order valence-corrected chi connectivity index (χ1v) is 11.7. The lowest BCUT2D eigenvalue weighted by molar-refractivity contribution is -0.153. The van der Waals surface area contributed by atoms with E-state index in [0.29, 0.717) is 12.6 Å². The van der Waals surface area contributed by atoms with Crippen molar-refractivity contribution in [1.82, 2.24) is 9.62 Å². The maximum atomic E-state index is 12.9. The Balaban J connectivity index is 1.49. The van der Waals surface area contributed by atoms with Gasteiger partial charge in [0, 0.05) is 19.6 Å². The molecule has 1 saturated heterocycles. The summed E-state index contributed by atoms with van der Waals surface area (Å²) in [4.78, 5) is 23.7. The smallest absolute Gasteiger partial charge is 0.416 e. The zero-order chi connectivity index (χ0) is 24.1. The van der Waals surface area contributed by atoms with Crippen LogP contribution in [-0.4, -0.2) is 44.3 Å². The number of esters is 1. The minimum atomic E-state index is -4.66. The molecule has 3 rings (SSSR count). The van der Waals surface area contributed by atoms with E-state index >= 15 is 0 Å². The second-order valence-corrected chi connectivity index (χ2v) is 9.51. The lowest BCUT2D eigenvalue weighted by atomic mass is 9.98. The van der Waals surface area contributed by atoms with Gasteiger partial charge in [-0.25, -0.2) is 8.42 Å². The molecule has 1 aliphatic rings. The summed E-state index contributed by atoms with van der Waals surface area (Å²) in [5, 5.41) is 2.63. The van der Waals surface area contributed by atoms with Gasteiger partial charge in [0.1, 0.15) is 0 Å². The number of carbonyl (C=O) groups is 2. The SMILES string of the molecule is O=C(COC(=O)C1CCN(S(=O)(=O)c2cccc(C(F)(F)F)c2)CC1)NCc1ccccc1. The number of alkyl halides is 3. The highest BCUT2D eigenvalue weighted by Gasteiger charge is 2.35. The van der Waals surface area contributed by atoms with E-state index in [1.54, 1.807) is 0 Å². The molecule has 1 N–H and O–H groups in total. The van der Waals surface area contributed by atoms with Crippen LogP contribution in [0.4, 0.5) is 13.2 Å². The van der Waals surface area contributed by atoms with Crippen LogP contribution in [0.1, 0.15) is 24.0 Å². The Morgan fingerprint density at radius 3 is 2.33 bits per heavy atom. The molecule has 11 heteroatoms. The van der Waals surface area contributed by atoms with E-state index in [2.05, 4.69) is 5.32 Å². The van der Waals surface area contributed by atoms with Gasteiger partial charge >= 0.3 is 12.1 Å². The van der Waals surface area contributed by atoms with Crippen LogP contribution in [0.25, 0.3) is 0 Å². The zero-order valence-electron chi connectivity index (χ0n) is 17.5. The molecule has 7 nitrogen and oxygen atoms in total. The number of hydrogen-bond donors (Lipinski definition) is 1. The van der Waals surface area contributed by atoms with Crippen LogP contribution in [0.5, 0.6) is 0 Å². The molecule has 0 radical (unpaired) electrons. The number of piperidine rings is 1. The van der Waals surface area contributed by atoms with Crippen molar-refractivity contribution < 1.29 is 35.9 Å². The Morgan fingerprint density at radius 2 is 1.70 bits per heavy atom. The van der Waals surface area contributed by atoms with Crippen molar-refractivity contribution in [3.8, 4) is 0 Å². The number of carbonyl (C=O) groups excluding carboxylic acids is 2. The summed E-state index contributed by atoms with van der Waals surface area (Å²) in [5.74, 6) is -1.67. The van der Waals surface area contributed by atoms with Gasteiger partial charge in [-0.15, -0.1) is 0 Å². The largest absolute Gasteiger partial charge is 0.455 e. The lowest BCUT2D eigenvalue weighted by Gasteiger charge is -2.30. The minimum absolute atomic E-state index is 0.0431. The van der Waals surface area contributed by atoms with Gasteiger partial charge in [-0.3, -0.25) is 9.59 Å². The zero-order valence-corrected chi connectivity index (χ0v) is 18.4. The molecule has 0 atom stereocenters. The topological polar surface area (TPSA) is 92.8 Å². The van der Waals surface area contributed by atoms with Gasteiger partial charge in [0.15, 0.2) is 6.61 Å². The van der Waals surface area contributed by atoms with Crippen molar-refractivity contribution in [2.45, 2.75) is 30.5 Å². The highest BCUT2D eigenvalue weighted by atomic mass is 32.2. The molecule has 0 aromatic heterocycles. The summed E-state index contributed by atoms with van der Waals surface area (Å²) in [5.41, 5.74) is -0.154. The van der Waals surface area contributed by atoms with Gasteiger partial charge in [0.25, 0.3) is 5.91 Å². The van der Waals surface area contributed by atoms with Crippen LogP contribution in [0, 0.1) is 5.92 Å². The van der Waals surface area contributed by atoms with E-state index in [1.807, 2.05) is 30.3 Å². The van der Waals surface area contributed by atoms with Crippen LogP contribution in [0.2, 0.25) is 0 Å². The number of ether oxygens (including phenoxy) is 1. The van der Waals surface area contributed by atoms with E-state index in [0.717, 1.165) is 28.1 Å². The monoisotopic (exact) mass is 484 g/mol. The summed E-state index contributed by atoms with van der Waals surface area (Å²) >= 11 is 0. The number of hydrogen-bond acceptors (Lipinski definition) is 5. The lowest BCUT2D eigenvalue weighted by Crippen LogP contribution is -2.41. The molecule has 0 saturated carbocycles. The first-order valence-electron chi connectivity index (χ1n) is 10.2. The Bertz CT molecular complexity index is 1080. The molecule has 2 aromatic rings. The van der Waals surface area contributed by atoms with Crippen LogP contribution in [-0.2, 0) is 37.1 Å². The molecule has 0 aliphatic carbocycles. The van der Waals surface area contributed by atoms with Crippen LogP contribution < -0.4 is 5.32 Å². The van der Waals surface area contributed by atoms with Gasteiger partial charge < -0.3 is 10.1 Å². The third-order valence-electron chi connectivity index (χ3n) is 5.26. The first kappa shape index (κ1) is 24.7. The molecule has 1 fully saturated rings.